The van der Waals surface area contributed by atoms with Crippen LogP contribution in [0.2, 0.25) is 0 Å². The Morgan fingerprint density at radius 3 is 2.54 bits per heavy atom. The molecule has 0 unspecified atom stereocenters. The number of benzene rings is 1. The Balaban J connectivity index is 2.17. The van der Waals surface area contributed by atoms with Crippen molar-refractivity contribution < 1.29 is 9.53 Å². The van der Waals surface area contributed by atoms with Gasteiger partial charge in [0, 0.05) is 5.56 Å². The maximum atomic E-state index is 11.1. The summed E-state index contributed by atoms with van der Waals surface area (Å²) in [6.07, 6.45) is -0.617. The highest BCUT2D eigenvalue weighted by molar-refractivity contribution is 5.82. The number of carbonyl (C=O) groups is 1. The standard InChI is InChI=1S/C10H11NO2/c1-7-9(12)11-10(13-7)8-5-3-2-4-6-8/h2-7,10H,1H3,(H,11,12)/t7-,10-/m0/s1. The summed E-state index contributed by atoms with van der Waals surface area (Å²) >= 11 is 0. The molecule has 0 aromatic heterocycles. The number of amides is 1. The molecule has 1 aliphatic heterocycles. The molecule has 1 N–H and O–H groups in total. The first kappa shape index (κ1) is 8.26. The molecule has 1 fully saturated rings. The molecule has 3 nitrogen and oxygen atoms in total. The Morgan fingerprint density at radius 1 is 1.31 bits per heavy atom. The maximum absolute atomic E-state index is 11.1. The highest BCUT2D eigenvalue weighted by Crippen LogP contribution is 2.21. The van der Waals surface area contributed by atoms with E-state index in [1.54, 1.807) is 6.92 Å². The van der Waals surface area contributed by atoms with Gasteiger partial charge in [0.05, 0.1) is 0 Å². The molecule has 2 rings (SSSR count). The van der Waals surface area contributed by atoms with E-state index in [1.165, 1.54) is 0 Å². The summed E-state index contributed by atoms with van der Waals surface area (Å²) in [7, 11) is 0. The third kappa shape index (κ3) is 1.55. The molecule has 1 heterocycles. The van der Waals surface area contributed by atoms with Crippen molar-refractivity contribution in [1.29, 1.82) is 0 Å². The van der Waals surface area contributed by atoms with Gasteiger partial charge in [-0.3, -0.25) is 4.79 Å². The number of ether oxygens (including phenoxy) is 1. The van der Waals surface area contributed by atoms with Gasteiger partial charge in [0.25, 0.3) is 5.91 Å². The first-order chi connectivity index (χ1) is 6.27. The fraction of sp³-hybridized carbons (Fsp3) is 0.300. The van der Waals surface area contributed by atoms with E-state index < -0.39 is 0 Å². The predicted octanol–water partition coefficient (Wildman–Crippen LogP) is 1.22. The molecule has 1 aliphatic rings. The van der Waals surface area contributed by atoms with Crippen LogP contribution in [-0.4, -0.2) is 12.0 Å². The molecule has 68 valence electrons. The van der Waals surface area contributed by atoms with Gasteiger partial charge in [-0.1, -0.05) is 30.3 Å². The summed E-state index contributed by atoms with van der Waals surface area (Å²) < 4.78 is 5.40. The Labute approximate surface area is 76.7 Å². The Hall–Kier alpha value is -1.35. The second-order valence-corrected chi connectivity index (χ2v) is 3.08. The Morgan fingerprint density at radius 2 is 2.00 bits per heavy atom. The van der Waals surface area contributed by atoms with Crippen molar-refractivity contribution in [2.24, 2.45) is 0 Å². The van der Waals surface area contributed by atoms with Gasteiger partial charge < -0.3 is 10.1 Å². The van der Waals surface area contributed by atoms with Crippen LogP contribution in [0.15, 0.2) is 30.3 Å². The summed E-state index contributed by atoms with van der Waals surface area (Å²) in [4.78, 5) is 11.1. The van der Waals surface area contributed by atoms with Crippen LogP contribution >= 0.6 is 0 Å². The average molecular weight is 177 g/mol. The predicted molar refractivity (Wildman–Crippen MR) is 47.9 cm³/mol. The van der Waals surface area contributed by atoms with E-state index in [4.69, 9.17) is 4.74 Å². The topological polar surface area (TPSA) is 38.3 Å². The maximum Gasteiger partial charge on any atom is 0.251 e. The van der Waals surface area contributed by atoms with Crippen molar-refractivity contribution in [3.05, 3.63) is 35.9 Å². The van der Waals surface area contributed by atoms with Gasteiger partial charge in [0.15, 0.2) is 6.23 Å². The molecule has 0 radical (unpaired) electrons. The molecule has 1 aromatic rings. The fourth-order valence-electron chi connectivity index (χ4n) is 1.34. The molecule has 3 heteroatoms. The van der Waals surface area contributed by atoms with Crippen molar-refractivity contribution in [2.45, 2.75) is 19.3 Å². The second kappa shape index (κ2) is 3.18. The molecular formula is C10H11NO2. The SMILES string of the molecule is C[C@@H]1O[C@@H](c2ccccc2)NC1=O. The minimum absolute atomic E-state index is 0.0474. The minimum Gasteiger partial charge on any atom is -0.341 e. The van der Waals surface area contributed by atoms with E-state index in [1.807, 2.05) is 30.3 Å². The molecule has 1 saturated heterocycles. The van der Waals surface area contributed by atoms with Crippen molar-refractivity contribution in [1.82, 2.24) is 5.32 Å². The van der Waals surface area contributed by atoms with Gasteiger partial charge in [0.2, 0.25) is 0 Å². The highest BCUT2D eigenvalue weighted by atomic mass is 16.5. The third-order valence-corrected chi connectivity index (χ3v) is 2.09. The third-order valence-electron chi connectivity index (χ3n) is 2.09. The molecule has 0 bridgehead atoms. The van der Waals surface area contributed by atoms with Crippen LogP contribution in [0.5, 0.6) is 0 Å². The van der Waals surface area contributed by atoms with Gasteiger partial charge in [-0.15, -0.1) is 0 Å². The summed E-state index contributed by atoms with van der Waals surface area (Å²) in [5.74, 6) is -0.0474. The lowest BCUT2D eigenvalue weighted by atomic mass is 10.2. The van der Waals surface area contributed by atoms with Gasteiger partial charge in [-0.05, 0) is 6.92 Å². The number of carbonyl (C=O) groups excluding carboxylic acids is 1. The molecule has 13 heavy (non-hydrogen) atoms. The smallest absolute Gasteiger partial charge is 0.251 e. The molecule has 0 saturated carbocycles. The van der Waals surface area contributed by atoms with Crippen LogP contribution in [0, 0.1) is 0 Å². The Kier molecular flexibility index (Phi) is 2.02. The average Bonchev–Trinajstić information content (AvgIpc) is 2.49. The normalized spacial score (nSPS) is 27.3. The summed E-state index contributed by atoms with van der Waals surface area (Å²) in [5, 5.41) is 2.76. The molecular weight excluding hydrogens is 166 g/mol. The Bertz CT molecular complexity index is 310. The highest BCUT2D eigenvalue weighted by Gasteiger charge is 2.29. The van der Waals surface area contributed by atoms with E-state index >= 15 is 0 Å². The van der Waals surface area contributed by atoms with E-state index in [-0.39, 0.29) is 18.2 Å². The number of nitrogens with one attached hydrogen (secondary N) is 1. The second-order valence-electron chi connectivity index (χ2n) is 3.08. The van der Waals surface area contributed by atoms with Gasteiger partial charge in [-0.2, -0.15) is 0 Å². The molecule has 0 aliphatic carbocycles. The van der Waals surface area contributed by atoms with E-state index in [0.29, 0.717) is 0 Å². The first-order valence-electron chi connectivity index (χ1n) is 4.28. The summed E-state index contributed by atoms with van der Waals surface area (Å²) in [6, 6.07) is 9.65. The van der Waals surface area contributed by atoms with Crippen molar-refractivity contribution in [3.8, 4) is 0 Å². The van der Waals surface area contributed by atoms with Crippen molar-refractivity contribution >= 4 is 5.91 Å². The van der Waals surface area contributed by atoms with Crippen molar-refractivity contribution in [2.75, 3.05) is 0 Å². The first-order valence-corrected chi connectivity index (χ1v) is 4.28. The zero-order chi connectivity index (χ0) is 9.26. The fourth-order valence-corrected chi connectivity index (χ4v) is 1.34. The van der Waals surface area contributed by atoms with Crippen molar-refractivity contribution in [3.63, 3.8) is 0 Å². The lowest BCUT2D eigenvalue weighted by molar-refractivity contribution is -0.122. The van der Waals surface area contributed by atoms with Crippen LogP contribution < -0.4 is 5.32 Å². The van der Waals surface area contributed by atoms with E-state index in [0.717, 1.165) is 5.56 Å². The van der Waals surface area contributed by atoms with E-state index in [2.05, 4.69) is 5.32 Å². The molecule has 0 spiro atoms. The zero-order valence-electron chi connectivity index (χ0n) is 7.36. The number of rotatable bonds is 1. The quantitative estimate of drug-likeness (QED) is 0.700. The van der Waals surface area contributed by atoms with Crippen LogP contribution in [0.3, 0.4) is 0 Å². The lowest BCUT2D eigenvalue weighted by Gasteiger charge is -2.09. The number of hydrogen-bond donors (Lipinski definition) is 1. The van der Waals surface area contributed by atoms with Crippen LogP contribution in [0.25, 0.3) is 0 Å². The molecule has 1 aromatic carbocycles. The largest absolute Gasteiger partial charge is 0.341 e. The minimum atomic E-state index is -0.342. The zero-order valence-corrected chi connectivity index (χ0v) is 7.36. The van der Waals surface area contributed by atoms with Crippen LogP contribution in [0.4, 0.5) is 0 Å². The van der Waals surface area contributed by atoms with E-state index in [9.17, 15) is 4.79 Å². The number of hydrogen-bond acceptors (Lipinski definition) is 2. The van der Waals surface area contributed by atoms with Gasteiger partial charge in [-0.25, -0.2) is 0 Å². The van der Waals surface area contributed by atoms with Crippen LogP contribution in [-0.2, 0) is 9.53 Å². The summed E-state index contributed by atoms with van der Waals surface area (Å²) in [6.45, 7) is 1.75. The molecule has 2 atom stereocenters. The van der Waals surface area contributed by atoms with Gasteiger partial charge >= 0.3 is 0 Å². The van der Waals surface area contributed by atoms with Crippen LogP contribution in [0.1, 0.15) is 18.7 Å². The van der Waals surface area contributed by atoms with Gasteiger partial charge in [0.1, 0.15) is 6.10 Å². The monoisotopic (exact) mass is 177 g/mol. The lowest BCUT2D eigenvalue weighted by Crippen LogP contribution is -2.22. The summed E-state index contributed by atoms with van der Waals surface area (Å²) in [5.41, 5.74) is 0.986. The molecule has 1 amide bonds.